The van der Waals surface area contributed by atoms with Gasteiger partial charge >= 0.3 is 5.97 Å². The van der Waals surface area contributed by atoms with E-state index in [-0.39, 0.29) is 23.9 Å². The van der Waals surface area contributed by atoms with Crippen molar-refractivity contribution in [2.75, 3.05) is 0 Å². The Kier molecular flexibility index (Phi) is 8.86. The summed E-state index contributed by atoms with van der Waals surface area (Å²) in [4.78, 5) is 11.7. The maximum Gasteiger partial charge on any atom is 0.306 e. The van der Waals surface area contributed by atoms with Gasteiger partial charge in [-0.05, 0) is 38.0 Å². The number of ether oxygens (including phenoxy) is 1. The molecule has 1 aliphatic heterocycles. The molecule has 5 atom stereocenters. The fourth-order valence-electron chi connectivity index (χ4n) is 3.28. The number of aliphatic hydroxyl groups is 2. The van der Waals surface area contributed by atoms with Crippen LogP contribution in [-0.4, -0.2) is 34.5 Å². The Hall–Kier alpha value is -1.65. The molecule has 2 rings (SSSR count). The Bertz CT molecular complexity index is 546. The molecule has 1 aliphatic carbocycles. The number of esters is 1. The van der Waals surface area contributed by atoms with Gasteiger partial charge in [-0.15, -0.1) is 0 Å². The molecule has 1 heterocycles. The normalized spacial score (nSPS) is 30.3. The third-order valence-corrected chi connectivity index (χ3v) is 4.89. The molecule has 144 valence electrons. The zero-order valence-corrected chi connectivity index (χ0v) is 15.7. The summed E-state index contributed by atoms with van der Waals surface area (Å²) in [7, 11) is 0. The highest BCUT2D eigenvalue weighted by atomic mass is 16.5. The van der Waals surface area contributed by atoms with Crippen molar-refractivity contribution < 1.29 is 19.7 Å². The van der Waals surface area contributed by atoms with E-state index < -0.39 is 12.2 Å². The number of rotatable bonds is 9. The monoisotopic (exact) mass is 360 g/mol. The van der Waals surface area contributed by atoms with Crippen LogP contribution in [0.3, 0.4) is 0 Å². The van der Waals surface area contributed by atoms with Gasteiger partial charge in [0.15, 0.2) is 0 Å². The first kappa shape index (κ1) is 20.7. The highest BCUT2D eigenvalue weighted by Crippen LogP contribution is 2.46. The Morgan fingerprint density at radius 3 is 2.81 bits per heavy atom. The lowest BCUT2D eigenvalue weighted by molar-refractivity contribution is -0.150. The molecule has 0 aromatic rings. The van der Waals surface area contributed by atoms with Crippen LogP contribution in [0.5, 0.6) is 0 Å². The Morgan fingerprint density at radius 1 is 1.19 bits per heavy atom. The van der Waals surface area contributed by atoms with Crippen LogP contribution in [0.25, 0.3) is 0 Å². The van der Waals surface area contributed by atoms with E-state index in [1.807, 2.05) is 18.2 Å². The summed E-state index contributed by atoms with van der Waals surface area (Å²) in [6.07, 6.45) is 19.6. The molecule has 1 fully saturated rings. The first-order chi connectivity index (χ1) is 12.6. The summed E-state index contributed by atoms with van der Waals surface area (Å²) < 4.78 is 5.53. The molecule has 4 nitrogen and oxygen atoms in total. The number of hydrogen-bond donors (Lipinski definition) is 2. The topological polar surface area (TPSA) is 66.8 Å². The van der Waals surface area contributed by atoms with Crippen LogP contribution in [0, 0.1) is 11.8 Å². The zero-order chi connectivity index (χ0) is 18.8. The van der Waals surface area contributed by atoms with Crippen LogP contribution in [-0.2, 0) is 9.53 Å². The molecule has 26 heavy (non-hydrogen) atoms. The quantitative estimate of drug-likeness (QED) is 0.484. The van der Waals surface area contributed by atoms with Gasteiger partial charge in [-0.3, -0.25) is 4.79 Å². The molecule has 1 saturated carbocycles. The van der Waals surface area contributed by atoms with Crippen molar-refractivity contribution in [3.8, 4) is 0 Å². The van der Waals surface area contributed by atoms with E-state index in [1.54, 1.807) is 12.2 Å². The lowest BCUT2D eigenvalue weighted by atomic mass is 10.0. The predicted octanol–water partition coefficient (Wildman–Crippen LogP) is 3.86. The Morgan fingerprint density at radius 2 is 2.00 bits per heavy atom. The zero-order valence-electron chi connectivity index (χ0n) is 15.7. The van der Waals surface area contributed by atoms with E-state index in [2.05, 4.69) is 25.2 Å². The van der Waals surface area contributed by atoms with Gasteiger partial charge in [-0.2, -0.15) is 0 Å². The predicted molar refractivity (Wildman–Crippen MR) is 103 cm³/mol. The minimum Gasteiger partial charge on any atom is -0.462 e. The minimum absolute atomic E-state index is 0.110. The molecule has 0 unspecified atom stereocenters. The van der Waals surface area contributed by atoms with Crippen molar-refractivity contribution in [1.82, 2.24) is 0 Å². The highest BCUT2D eigenvalue weighted by molar-refractivity contribution is 5.70. The standard InChI is InChI=1S/C22H32O4/c1-2-3-4-5-6-8-11-17(23)14-15-20(24)18-16-19(18)21-12-9-7-10-13-22(25)26-21/h3-4,6-9,14-15,17-21,23-24H,2,5,10-13,16H2,1H3/b4-3-,8-6-,9-7-,15-14+/t17-,18+,19+,20+,21+/m0/s1. The van der Waals surface area contributed by atoms with Gasteiger partial charge in [0.2, 0.25) is 0 Å². The summed E-state index contributed by atoms with van der Waals surface area (Å²) >= 11 is 0. The van der Waals surface area contributed by atoms with E-state index in [0.717, 1.165) is 32.1 Å². The fourth-order valence-corrected chi connectivity index (χ4v) is 3.28. The van der Waals surface area contributed by atoms with Gasteiger partial charge in [-0.25, -0.2) is 0 Å². The smallest absolute Gasteiger partial charge is 0.306 e. The van der Waals surface area contributed by atoms with E-state index >= 15 is 0 Å². The van der Waals surface area contributed by atoms with Gasteiger partial charge < -0.3 is 14.9 Å². The molecule has 0 bridgehead atoms. The first-order valence-electron chi connectivity index (χ1n) is 9.80. The first-order valence-corrected chi connectivity index (χ1v) is 9.80. The molecular formula is C22H32O4. The molecular weight excluding hydrogens is 328 g/mol. The van der Waals surface area contributed by atoms with Crippen LogP contribution < -0.4 is 0 Å². The molecule has 0 spiro atoms. The molecule has 2 N–H and O–H groups in total. The van der Waals surface area contributed by atoms with Crippen LogP contribution in [0.15, 0.2) is 48.6 Å². The Labute approximate surface area is 156 Å². The average Bonchev–Trinajstić information content (AvgIpc) is 3.39. The number of cyclic esters (lactones) is 1. The van der Waals surface area contributed by atoms with Crippen molar-refractivity contribution in [1.29, 1.82) is 0 Å². The van der Waals surface area contributed by atoms with Crippen molar-refractivity contribution in [2.45, 2.75) is 70.2 Å². The molecule has 0 radical (unpaired) electrons. The molecule has 0 saturated heterocycles. The second-order valence-electron chi connectivity index (χ2n) is 7.10. The molecule has 0 aromatic heterocycles. The van der Waals surface area contributed by atoms with Gasteiger partial charge in [-0.1, -0.05) is 55.5 Å². The average molecular weight is 360 g/mol. The van der Waals surface area contributed by atoms with Crippen molar-refractivity contribution >= 4 is 5.97 Å². The van der Waals surface area contributed by atoms with E-state index in [1.165, 1.54) is 0 Å². The highest BCUT2D eigenvalue weighted by Gasteiger charge is 2.47. The Balaban J connectivity index is 1.72. The van der Waals surface area contributed by atoms with Crippen LogP contribution in [0.1, 0.15) is 51.9 Å². The SMILES string of the molecule is CC/C=C\C/C=C\C[C@H](O)/C=C/[C@@H](O)[C@@H]1C[C@H]1[C@H]1C/C=C\CCC(=O)O1. The van der Waals surface area contributed by atoms with Gasteiger partial charge in [0.25, 0.3) is 0 Å². The fraction of sp³-hybridized carbons (Fsp3) is 0.591. The minimum atomic E-state index is -0.598. The maximum atomic E-state index is 11.7. The van der Waals surface area contributed by atoms with Crippen LogP contribution >= 0.6 is 0 Å². The third-order valence-electron chi connectivity index (χ3n) is 4.89. The molecule has 2 aliphatic rings. The number of aliphatic hydroxyl groups excluding tert-OH is 2. The third kappa shape index (κ3) is 7.30. The second-order valence-corrected chi connectivity index (χ2v) is 7.10. The number of carbonyl (C=O) groups excluding carboxylic acids is 1. The molecule has 0 amide bonds. The number of hydrogen-bond acceptors (Lipinski definition) is 4. The van der Waals surface area contributed by atoms with Crippen molar-refractivity contribution in [2.24, 2.45) is 11.8 Å². The number of allylic oxidation sites excluding steroid dienone is 4. The maximum absolute atomic E-state index is 11.7. The molecule has 0 aromatic carbocycles. The summed E-state index contributed by atoms with van der Waals surface area (Å²) in [5.41, 5.74) is 0. The lowest BCUT2D eigenvalue weighted by Crippen LogP contribution is -2.23. The number of carbonyl (C=O) groups is 1. The summed E-state index contributed by atoms with van der Waals surface area (Å²) in [5, 5.41) is 20.3. The van der Waals surface area contributed by atoms with E-state index in [4.69, 9.17) is 4.74 Å². The molecule has 4 heteroatoms. The summed E-state index contributed by atoms with van der Waals surface area (Å²) in [6.45, 7) is 2.10. The summed E-state index contributed by atoms with van der Waals surface area (Å²) in [6, 6.07) is 0. The summed E-state index contributed by atoms with van der Waals surface area (Å²) in [5.74, 6) is 0.175. The van der Waals surface area contributed by atoms with Gasteiger partial charge in [0.05, 0.1) is 12.2 Å². The van der Waals surface area contributed by atoms with E-state index in [0.29, 0.717) is 12.8 Å². The van der Waals surface area contributed by atoms with Crippen LogP contribution in [0.2, 0.25) is 0 Å². The lowest BCUT2D eigenvalue weighted by Gasteiger charge is -2.19. The van der Waals surface area contributed by atoms with Gasteiger partial charge in [0.1, 0.15) is 6.10 Å². The van der Waals surface area contributed by atoms with Crippen LogP contribution in [0.4, 0.5) is 0 Å². The van der Waals surface area contributed by atoms with Gasteiger partial charge in [0, 0.05) is 18.8 Å². The second kappa shape index (κ2) is 11.1. The largest absolute Gasteiger partial charge is 0.462 e. The van der Waals surface area contributed by atoms with Crippen molar-refractivity contribution in [3.63, 3.8) is 0 Å². The van der Waals surface area contributed by atoms with Crippen molar-refractivity contribution in [3.05, 3.63) is 48.6 Å². The van der Waals surface area contributed by atoms with E-state index in [9.17, 15) is 15.0 Å².